The summed E-state index contributed by atoms with van der Waals surface area (Å²) in [6, 6.07) is 12.1. The van der Waals surface area contributed by atoms with Crippen LogP contribution in [0.25, 0.3) is 22.5 Å². The highest BCUT2D eigenvalue weighted by atomic mass is 32.2. The molecule has 3 aromatic rings. The largest absolute Gasteiger partial charge is 0.355 e. The van der Waals surface area contributed by atoms with Crippen molar-refractivity contribution in [2.45, 2.75) is 18.2 Å². The molecule has 0 saturated heterocycles. The lowest BCUT2D eigenvalue weighted by Gasteiger charge is -2.09. The second kappa shape index (κ2) is 6.18. The van der Waals surface area contributed by atoms with E-state index in [1.54, 1.807) is 30.3 Å². The van der Waals surface area contributed by atoms with Gasteiger partial charge in [0.2, 0.25) is 10.0 Å². The summed E-state index contributed by atoms with van der Waals surface area (Å²) in [5.74, 6) is 0.00316. The zero-order chi connectivity index (χ0) is 17.3. The Balaban J connectivity index is 2.30. The van der Waals surface area contributed by atoms with Crippen LogP contribution in [-0.2, 0) is 16.4 Å². The maximum Gasteiger partial charge on any atom is 0.238 e. The van der Waals surface area contributed by atoms with E-state index in [9.17, 15) is 12.8 Å². The van der Waals surface area contributed by atoms with Crippen LogP contribution in [0.15, 0.2) is 57.9 Å². The molecule has 0 bridgehead atoms. The van der Waals surface area contributed by atoms with E-state index >= 15 is 0 Å². The molecule has 7 heteroatoms. The molecule has 0 aliphatic rings. The van der Waals surface area contributed by atoms with Crippen LogP contribution in [0.4, 0.5) is 4.39 Å². The molecule has 0 unspecified atom stereocenters. The van der Waals surface area contributed by atoms with Crippen molar-refractivity contribution in [2.75, 3.05) is 0 Å². The SMILES string of the molecule is CCc1noc(-c2ccc(F)cc2)c1-c1ccccc1S(N)(=O)=O. The monoisotopic (exact) mass is 346 g/mol. The van der Waals surface area contributed by atoms with Crippen molar-refractivity contribution in [2.24, 2.45) is 5.14 Å². The van der Waals surface area contributed by atoms with Crippen molar-refractivity contribution in [3.63, 3.8) is 0 Å². The van der Waals surface area contributed by atoms with E-state index in [0.717, 1.165) is 0 Å². The molecule has 0 fully saturated rings. The minimum Gasteiger partial charge on any atom is -0.355 e. The molecule has 0 spiro atoms. The summed E-state index contributed by atoms with van der Waals surface area (Å²) in [6.45, 7) is 1.88. The lowest BCUT2D eigenvalue weighted by atomic mass is 9.98. The Bertz CT molecular complexity index is 979. The van der Waals surface area contributed by atoms with Gasteiger partial charge in [0.05, 0.1) is 16.2 Å². The van der Waals surface area contributed by atoms with Gasteiger partial charge in [-0.3, -0.25) is 0 Å². The highest BCUT2D eigenvalue weighted by molar-refractivity contribution is 7.89. The van der Waals surface area contributed by atoms with Gasteiger partial charge >= 0.3 is 0 Å². The van der Waals surface area contributed by atoms with Gasteiger partial charge in [-0.1, -0.05) is 30.3 Å². The normalized spacial score (nSPS) is 11.6. The van der Waals surface area contributed by atoms with Crippen LogP contribution in [0.1, 0.15) is 12.6 Å². The Labute approximate surface area is 139 Å². The number of hydrogen-bond donors (Lipinski definition) is 1. The molecule has 1 aromatic heterocycles. The number of rotatable bonds is 4. The highest BCUT2D eigenvalue weighted by Crippen LogP contribution is 2.38. The molecule has 2 N–H and O–H groups in total. The lowest BCUT2D eigenvalue weighted by Crippen LogP contribution is -2.13. The first-order chi connectivity index (χ1) is 11.4. The van der Waals surface area contributed by atoms with Gasteiger partial charge in [0.15, 0.2) is 5.76 Å². The average Bonchev–Trinajstić information content (AvgIpc) is 2.98. The number of primary sulfonamides is 1. The summed E-state index contributed by atoms with van der Waals surface area (Å²) in [4.78, 5) is -0.00809. The standard InChI is InChI=1S/C17H15FN2O3S/c1-2-14-16(13-5-3-4-6-15(13)24(19,21)22)17(23-20-14)11-7-9-12(18)10-8-11/h3-10H,2H2,1H3,(H2,19,21,22). The Morgan fingerprint density at radius 2 is 1.79 bits per heavy atom. The van der Waals surface area contributed by atoms with E-state index in [0.29, 0.717) is 34.6 Å². The molecule has 3 rings (SSSR count). The number of benzene rings is 2. The third-order valence-corrected chi connectivity index (χ3v) is 4.64. The van der Waals surface area contributed by atoms with Crippen LogP contribution >= 0.6 is 0 Å². The molecular weight excluding hydrogens is 331 g/mol. The summed E-state index contributed by atoms with van der Waals surface area (Å²) in [5, 5.41) is 9.36. The van der Waals surface area contributed by atoms with E-state index in [1.165, 1.54) is 18.2 Å². The van der Waals surface area contributed by atoms with Gasteiger partial charge in [-0.05, 0) is 36.8 Å². The van der Waals surface area contributed by atoms with Crippen LogP contribution in [0.5, 0.6) is 0 Å². The molecule has 24 heavy (non-hydrogen) atoms. The Kier molecular flexibility index (Phi) is 4.21. The third kappa shape index (κ3) is 2.95. The zero-order valence-corrected chi connectivity index (χ0v) is 13.7. The molecule has 2 aromatic carbocycles. The van der Waals surface area contributed by atoms with Gasteiger partial charge in [-0.2, -0.15) is 0 Å². The number of nitrogens with two attached hydrogens (primary N) is 1. The predicted octanol–water partition coefficient (Wildman–Crippen LogP) is 3.36. The molecular formula is C17H15FN2O3S. The number of aryl methyl sites for hydroxylation is 1. The van der Waals surface area contributed by atoms with Gasteiger partial charge in [0.25, 0.3) is 0 Å². The number of sulfonamides is 1. The van der Waals surface area contributed by atoms with E-state index < -0.39 is 10.0 Å². The van der Waals surface area contributed by atoms with Gasteiger partial charge in [-0.15, -0.1) is 0 Å². The summed E-state index contributed by atoms with van der Waals surface area (Å²) in [5.41, 5.74) is 2.17. The van der Waals surface area contributed by atoms with Crippen molar-refractivity contribution in [3.8, 4) is 22.5 Å². The van der Waals surface area contributed by atoms with Crippen molar-refractivity contribution in [1.29, 1.82) is 0 Å². The fraction of sp³-hybridized carbons (Fsp3) is 0.118. The number of halogens is 1. The van der Waals surface area contributed by atoms with E-state index in [4.69, 9.17) is 9.66 Å². The molecule has 0 saturated carbocycles. The van der Waals surface area contributed by atoms with E-state index in [1.807, 2.05) is 6.92 Å². The molecule has 1 heterocycles. The minimum atomic E-state index is -3.92. The average molecular weight is 346 g/mol. The van der Waals surface area contributed by atoms with E-state index in [-0.39, 0.29) is 10.7 Å². The summed E-state index contributed by atoms with van der Waals surface area (Å²) >= 11 is 0. The maximum atomic E-state index is 13.2. The zero-order valence-electron chi connectivity index (χ0n) is 12.9. The van der Waals surface area contributed by atoms with Crippen molar-refractivity contribution in [3.05, 3.63) is 60.0 Å². The van der Waals surface area contributed by atoms with E-state index in [2.05, 4.69) is 5.16 Å². The minimum absolute atomic E-state index is 0.00809. The van der Waals surface area contributed by atoms with Crippen LogP contribution in [0.3, 0.4) is 0 Å². The maximum absolute atomic E-state index is 13.2. The molecule has 124 valence electrons. The quantitative estimate of drug-likeness (QED) is 0.785. The molecule has 5 nitrogen and oxygen atoms in total. The van der Waals surface area contributed by atoms with Crippen LogP contribution in [0, 0.1) is 5.82 Å². The number of nitrogens with zero attached hydrogens (tertiary/aromatic N) is 1. The van der Waals surface area contributed by atoms with Gasteiger partial charge in [-0.25, -0.2) is 17.9 Å². The lowest BCUT2D eigenvalue weighted by molar-refractivity contribution is 0.424. The Morgan fingerprint density at radius 3 is 2.42 bits per heavy atom. The molecule has 0 atom stereocenters. The summed E-state index contributed by atoms with van der Waals surface area (Å²) in [7, 11) is -3.92. The van der Waals surface area contributed by atoms with Crippen molar-refractivity contribution in [1.82, 2.24) is 5.16 Å². The molecule has 0 aliphatic carbocycles. The van der Waals surface area contributed by atoms with Crippen LogP contribution in [0.2, 0.25) is 0 Å². The first kappa shape index (κ1) is 16.4. The first-order valence-electron chi connectivity index (χ1n) is 7.28. The highest BCUT2D eigenvalue weighted by Gasteiger charge is 2.24. The van der Waals surface area contributed by atoms with Crippen LogP contribution < -0.4 is 5.14 Å². The fourth-order valence-electron chi connectivity index (χ4n) is 2.56. The van der Waals surface area contributed by atoms with Gasteiger partial charge in [0, 0.05) is 11.1 Å². The second-order valence-corrected chi connectivity index (χ2v) is 6.76. The molecule has 0 amide bonds. The summed E-state index contributed by atoms with van der Waals surface area (Å²) in [6.07, 6.45) is 0.541. The Morgan fingerprint density at radius 1 is 1.12 bits per heavy atom. The number of aromatic nitrogens is 1. The third-order valence-electron chi connectivity index (χ3n) is 3.67. The van der Waals surface area contributed by atoms with Gasteiger partial charge < -0.3 is 4.52 Å². The smallest absolute Gasteiger partial charge is 0.238 e. The Hall–Kier alpha value is -2.51. The summed E-state index contributed by atoms with van der Waals surface area (Å²) < 4.78 is 42.4. The topological polar surface area (TPSA) is 86.2 Å². The van der Waals surface area contributed by atoms with Gasteiger partial charge in [0.1, 0.15) is 5.82 Å². The van der Waals surface area contributed by atoms with Crippen molar-refractivity contribution < 1.29 is 17.3 Å². The molecule has 0 radical (unpaired) electrons. The van der Waals surface area contributed by atoms with Crippen molar-refractivity contribution >= 4 is 10.0 Å². The fourth-order valence-corrected chi connectivity index (χ4v) is 3.31. The second-order valence-electron chi connectivity index (χ2n) is 5.24. The predicted molar refractivity (Wildman–Crippen MR) is 88.1 cm³/mol. The van der Waals surface area contributed by atoms with Crippen LogP contribution in [-0.4, -0.2) is 13.6 Å². The number of hydrogen-bond acceptors (Lipinski definition) is 4. The first-order valence-corrected chi connectivity index (χ1v) is 8.83. The molecule has 0 aliphatic heterocycles.